The summed E-state index contributed by atoms with van der Waals surface area (Å²) in [6.45, 7) is 4.26. The van der Waals surface area contributed by atoms with Crippen LogP contribution >= 0.6 is 11.6 Å². The van der Waals surface area contributed by atoms with E-state index in [1.807, 2.05) is 30.3 Å². The smallest absolute Gasteiger partial charge is 0.119 e. The molecule has 0 radical (unpaired) electrons. The molecule has 2 aromatic rings. The minimum absolute atomic E-state index is 0.185. The van der Waals surface area contributed by atoms with Gasteiger partial charge in [0, 0.05) is 17.1 Å². The Morgan fingerprint density at radius 1 is 1.00 bits per heavy atom. The van der Waals surface area contributed by atoms with Gasteiger partial charge in [0.2, 0.25) is 0 Å². The summed E-state index contributed by atoms with van der Waals surface area (Å²) in [4.78, 5) is 0. The standard InChI is InChI=1S/C17H20ClNO/c1-12(14-7-6-8-15(11-14)20-3)19-13(2)16-9-4-5-10-17(16)18/h4-13,19H,1-3H3/t12-,13?/m0/s1. The van der Waals surface area contributed by atoms with Crippen LogP contribution in [0.2, 0.25) is 5.02 Å². The number of nitrogens with one attached hydrogen (secondary N) is 1. The van der Waals surface area contributed by atoms with Gasteiger partial charge in [0.25, 0.3) is 0 Å². The summed E-state index contributed by atoms with van der Waals surface area (Å²) < 4.78 is 5.26. The molecule has 1 unspecified atom stereocenters. The maximum absolute atomic E-state index is 6.24. The second kappa shape index (κ2) is 6.78. The summed E-state index contributed by atoms with van der Waals surface area (Å²) in [7, 11) is 1.68. The van der Waals surface area contributed by atoms with Gasteiger partial charge < -0.3 is 10.1 Å². The van der Waals surface area contributed by atoms with Crippen molar-refractivity contribution >= 4 is 11.6 Å². The van der Waals surface area contributed by atoms with Crippen LogP contribution in [0.5, 0.6) is 5.75 Å². The summed E-state index contributed by atoms with van der Waals surface area (Å²) in [6.07, 6.45) is 0. The van der Waals surface area contributed by atoms with Crippen molar-refractivity contribution in [1.82, 2.24) is 5.32 Å². The third kappa shape index (κ3) is 3.53. The Hall–Kier alpha value is -1.51. The van der Waals surface area contributed by atoms with Crippen molar-refractivity contribution in [2.45, 2.75) is 25.9 Å². The summed E-state index contributed by atoms with van der Waals surface area (Å²) in [5.74, 6) is 0.876. The molecular formula is C17H20ClNO. The lowest BCUT2D eigenvalue weighted by Crippen LogP contribution is -2.22. The highest BCUT2D eigenvalue weighted by atomic mass is 35.5. The molecule has 2 aromatic carbocycles. The van der Waals surface area contributed by atoms with Gasteiger partial charge in [-0.1, -0.05) is 41.9 Å². The van der Waals surface area contributed by atoms with Crippen LogP contribution in [0.4, 0.5) is 0 Å². The van der Waals surface area contributed by atoms with Gasteiger partial charge in [-0.15, -0.1) is 0 Å². The summed E-state index contributed by atoms with van der Waals surface area (Å²) in [5, 5.41) is 4.36. The Morgan fingerprint density at radius 3 is 2.45 bits per heavy atom. The van der Waals surface area contributed by atoms with Crippen LogP contribution in [-0.4, -0.2) is 7.11 Å². The average Bonchev–Trinajstić information content (AvgIpc) is 2.47. The molecule has 1 N–H and O–H groups in total. The minimum atomic E-state index is 0.185. The van der Waals surface area contributed by atoms with Crippen molar-refractivity contribution in [3.8, 4) is 5.75 Å². The number of hydrogen-bond donors (Lipinski definition) is 1. The summed E-state index contributed by atoms with van der Waals surface area (Å²) >= 11 is 6.24. The molecule has 0 aromatic heterocycles. The molecular weight excluding hydrogens is 270 g/mol. The maximum Gasteiger partial charge on any atom is 0.119 e. The second-order valence-corrected chi connectivity index (χ2v) is 5.32. The predicted molar refractivity (Wildman–Crippen MR) is 84.4 cm³/mol. The summed E-state index contributed by atoms with van der Waals surface area (Å²) in [5.41, 5.74) is 2.31. The lowest BCUT2D eigenvalue weighted by molar-refractivity contribution is 0.412. The van der Waals surface area contributed by atoms with Crippen LogP contribution in [0, 0.1) is 0 Å². The lowest BCUT2D eigenvalue weighted by Gasteiger charge is -2.22. The van der Waals surface area contributed by atoms with E-state index in [4.69, 9.17) is 16.3 Å². The highest BCUT2D eigenvalue weighted by Gasteiger charge is 2.13. The van der Waals surface area contributed by atoms with Crippen molar-refractivity contribution in [1.29, 1.82) is 0 Å². The highest BCUT2D eigenvalue weighted by Crippen LogP contribution is 2.26. The van der Waals surface area contributed by atoms with Gasteiger partial charge in [-0.25, -0.2) is 0 Å². The molecule has 0 spiro atoms. The van der Waals surface area contributed by atoms with Crippen molar-refractivity contribution in [2.75, 3.05) is 7.11 Å². The van der Waals surface area contributed by atoms with E-state index in [2.05, 4.69) is 37.4 Å². The van der Waals surface area contributed by atoms with E-state index in [0.717, 1.165) is 16.3 Å². The molecule has 0 aliphatic carbocycles. The zero-order chi connectivity index (χ0) is 14.5. The fourth-order valence-electron chi connectivity index (χ4n) is 2.30. The fraction of sp³-hybridized carbons (Fsp3) is 0.294. The quantitative estimate of drug-likeness (QED) is 0.857. The summed E-state index contributed by atoms with van der Waals surface area (Å²) in [6, 6.07) is 16.4. The number of hydrogen-bond acceptors (Lipinski definition) is 2. The van der Waals surface area contributed by atoms with Gasteiger partial charge in [0.1, 0.15) is 5.75 Å². The third-order valence-electron chi connectivity index (χ3n) is 3.47. The fourth-order valence-corrected chi connectivity index (χ4v) is 2.60. The molecule has 0 amide bonds. The molecule has 0 aliphatic rings. The maximum atomic E-state index is 6.24. The van der Waals surface area contributed by atoms with E-state index in [1.54, 1.807) is 7.11 Å². The minimum Gasteiger partial charge on any atom is -0.497 e. The zero-order valence-electron chi connectivity index (χ0n) is 12.1. The number of rotatable bonds is 5. The third-order valence-corrected chi connectivity index (χ3v) is 3.81. The number of methoxy groups -OCH3 is 1. The largest absolute Gasteiger partial charge is 0.497 e. The predicted octanol–water partition coefficient (Wildman–Crippen LogP) is 4.76. The number of halogens is 1. The van der Waals surface area contributed by atoms with E-state index in [0.29, 0.717) is 0 Å². The highest BCUT2D eigenvalue weighted by molar-refractivity contribution is 6.31. The van der Waals surface area contributed by atoms with Crippen LogP contribution in [0.25, 0.3) is 0 Å². The van der Waals surface area contributed by atoms with Crippen molar-refractivity contribution in [3.63, 3.8) is 0 Å². The Kier molecular flexibility index (Phi) is 5.05. The molecule has 0 saturated carbocycles. The second-order valence-electron chi connectivity index (χ2n) is 4.91. The zero-order valence-corrected chi connectivity index (χ0v) is 12.8. The lowest BCUT2D eigenvalue weighted by atomic mass is 10.0. The molecule has 2 atom stereocenters. The van der Waals surface area contributed by atoms with Crippen LogP contribution in [0.1, 0.15) is 37.1 Å². The number of ether oxygens (including phenoxy) is 1. The molecule has 0 bridgehead atoms. The molecule has 106 valence electrons. The van der Waals surface area contributed by atoms with Crippen LogP contribution in [0.15, 0.2) is 48.5 Å². The molecule has 0 saturated heterocycles. The van der Waals surface area contributed by atoms with Gasteiger partial charge in [-0.05, 0) is 43.2 Å². The first-order valence-electron chi connectivity index (χ1n) is 6.76. The molecule has 0 aliphatic heterocycles. The van der Waals surface area contributed by atoms with Crippen LogP contribution < -0.4 is 10.1 Å². The first-order valence-corrected chi connectivity index (χ1v) is 7.14. The van der Waals surface area contributed by atoms with Gasteiger partial charge in [-0.2, -0.15) is 0 Å². The molecule has 2 nitrogen and oxygen atoms in total. The average molecular weight is 290 g/mol. The van der Waals surface area contributed by atoms with E-state index >= 15 is 0 Å². The van der Waals surface area contributed by atoms with E-state index in [9.17, 15) is 0 Å². The van der Waals surface area contributed by atoms with E-state index in [1.165, 1.54) is 5.56 Å². The van der Waals surface area contributed by atoms with Gasteiger partial charge in [0.05, 0.1) is 7.11 Å². The SMILES string of the molecule is COc1cccc([C@H](C)NC(C)c2ccccc2Cl)c1. The van der Waals surface area contributed by atoms with Crippen molar-refractivity contribution in [2.24, 2.45) is 0 Å². The Morgan fingerprint density at radius 2 is 1.75 bits per heavy atom. The van der Waals surface area contributed by atoms with Gasteiger partial charge in [0.15, 0.2) is 0 Å². The topological polar surface area (TPSA) is 21.3 Å². The first-order chi connectivity index (χ1) is 9.61. The molecule has 3 heteroatoms. The Labute approximate surface area is 125 Å². The van der Waals surface area contributed by atoms with Crippen LogP contribution in [0.3, 0.4) is 0 Å². The van der Waals surface area contributed by atoms with Crippen molar-refractivity contribution in [3.05, 3.63) is 64.7 Å². The van der Waals surface area contributed by atoms with E-state index in [-0.39, 0.29) is 12.1 Å². The molecule has 20 heavy (non-hydrogen) atoms. The van der Waals surface area contributed by atoms with Gasteiger partial charge >= 0.3 is 0 Å². The normalized spacial score (nSPS) is 13.8. The molecule has 0 heterocycles. The van der Waals surface area contributed by atoms with E-state index < -0.39 is 0 Å². The van der Waals surface area contributed by atoms with Gasteiger partial charge in [-0.3, -0.25) is 0 Å². The van der Waals surface area contributed by atoms with Crippen LogP contribution in [-0.2, 0) is 0 Å². The first kappa shape index (κ1) is 14.9. The van der Waals surface area contributed by atoms with Crippen molar-refractivity contribution < 1.29 is 4.74 Å². The molecule has 0 fully saturated rings. The Balaban J connectivity index is 2.11. The molecule has 2 rings (SSSR count). The monoisotopic (exact) mass is 289 g/mol. The Bertz CT molecular complexity index is 570. The number of benzene rings is 2.